The fourth-order valence-corrected chi connectivity index (χ4v) is 2.16. The Bertz CT molecular complexity index is 767. The molecule has 0 spiro atoms. The van der Waals surface area contributed by atoms with E-state index < -0.39 is 17.8 Å². The van der Waals surface area contributed by atoms with Crippen molar-refractivity contribution in [1.29, 1.82) is 0 Å². The number of rotatable bonds is 8. The van der Waals surface area contributed by atoms with E-state index >= 15 is 0 Å². The van der Waals surface area contributed by atoms with E-state index in [2.05, 4.69) is 25.7 Å². The van der Waals surface area contributed by atoms with Crippen molar-refractivity contribution in [3.63, 3.8) is 0 Å². The first kappa shape index (κ1) is 24.9. The number of aliphatic hydroxyl groups is 1. The molecule has 3 N–H and O–H groups in total. The molecule has 29 heavy (non-hydrogen) atoms. The number of aliphatic hydroxyl groups excluding tert-OH is 1. The van der Waals surface area contributed by atoms with Crippen LogP contribution < -0.4 is 15.4 Å². The summed E-state index contributed by atoms with van der Waals surface area (Å²) in [6.45, 7) is 2.91. The van der Waals surface area contributed by atoms with Crippen LogP contribution in [0.3, 0.4) is 0 Å². The van der Waals surface area contributed by atoms with E-state index in [0.29, 0.717) is 24.9 Å². The Morgan fingerprint density at radius 2 is 1.97 bits per heavy atom. The minimum absolute atomic E-state index is 0. The van der Waals surface area contributed by atoms with Crippen LogP contribution in [-0.2, 0) is 19.8 Å². The van der Waals surface area contributed by atoms with Crippen LogP contribution in [0.25, 0.3) is 0 Å². The summed E-state index contributed by atoms with van der Waals surface area (Å²) < 4.78 is 44.5. The Morgan fingerprint density at radius 3 is 2.52 bits per heavy atom. The van der Waals surface area contributed by atoms with Gasteiger partial charge in [0.15, 0.2) is 5.96 Å². The van der Waals surface area contributed by atoms with Gasteiger partial charge in [-0.05, 0) is 31.2 Å². The first-order valence-electron chi connectivity index (χ1n) is 8.62. The lowest BCUT2D eigenvalue weighted by Crippen LogP contribution is -2.42. The third-order valence-electron chi connectivity index (χ3n) is 3.66. The molecule has 1 atom stereocenters. The molecule has 162 valence electrons. The van der Waals surface area contributed by atoms with Gasteiger partial charge in [0.25, 0.3) is 0 Å². The molecule has 1 aromatic carbocycles. The zero-order valence-electron chi connectivity index (χ0n) is 16.0. The number of nitrogens with one attached hydrogen (secondary N) is 2. The molecule has 0 bridgehead atoms. The predicted octanol–water partition coefficient (Wildman–Crippen LogP) is 1.95. The molecule has 0 amide bonds. The molecule has 0 aliphatic heterocycles. The van der Waals surface area contributed by atoms with Crippen molar-refractivity contribution >= 4 is 29.9 Å². The molecule has 1 unspecified atom stereocenters. The second kappa shape index (κ2) is 11.8. The van der Waals surface area contributed by atoms with Gasteiger partial charge >= 0.3 is 6.18 Å². The summed E-state index contributed by atoms with van der Waals surface area (Å²) in [5.41, 5.74) is -0.753. The van der Waals surface area contributed by atoms with Crippen molar-refractivity contribution in [1.82, 2.24) is 25.4 Å². The maximum atomic E-state index is 12.5. The normalized spacial score (nSPS) is 12.8. The molecule has 2 rings (SSSR count). The van der Waals surface area contributed by atoms with Crippen LogP contribution in [0.5, 0.6) is 5.75 Å². The summed E-state index contributed by atoms with van der Waals surface area (Å²) in [5.74, 6) is 1.41. The van der Waals surface area contributed by atoms with Gasteiger partial charge in [0.05, 0.1) is 5.56 Å². The van der Waals surface area contributed by atoms with E-state index in [0.717, 1.165) is 12.1 Å². The number of benzene rings is 1. The van der Waals surface area contributed by atoms with Crippen LogP contribution in [0.2, 0.25) is 0 Å². The summed E-state index contributed by atoms with van der Waals surface area (Å²) in [6, 6.07) is 4.30. The standard InChI is InChI=1S/C17H23F3N6O2.HI/c1-3-21-16(23-9-15-24-11-25-26(15)2)22-8-13(27)10-28-14-6-4-12(5-7-14)17(18,19)20;/h4-7,11,13,27H,3,8-10H2,1-2H3,(H2,21,22,23);1H. The second-order valence-electron chi connectivity index (χ2n) is 5.86. The molecule has 0 radical (unpaired) electrons. The number of guanidine groups is 1. The fraction of sp³-hybridized carbons (Fsp3) is 0.471. The zero-order chi connectivity index (χ0) is 20.6. The van der Waals surface area contributed by atoms with Crippen LogP contribution >= 0.6 is 24.0 Å². The number of hydrogen-bond acceptors (Lipinski definition) is 5. The highest BCUT2D eigenvalue weighted by atomic mass is 127. The SMILES string of the molecule is CCNC(=NCc1ncnn1C)NCC(O)COc1ccc(C(F)(F)F)cc1.I. The Labute approximate surface area is 183 Å². The monoisotopic (exact) mass is 528 g/mol. The van der Waals surface area contributed by atoms with Gasteiger partial charge in [-0.3, -0.25) is 4.68 Å². The summed E-state index contributed by atoms with van der Waals surface area (Å²) in [6.07, 6.45) is -3.84. The summed E-state index contributed by atoms with van der Waals surface area (Å²) in [5, 5.41) is 20.0. The van der Waals surface area contributed by atoms with E-state index in [1.807, 2.05) is 6.92 Å². The lowest BCUT2D eigenvalue weighted by atomic mass is 10.2. The molecule has 0 fully saturated rings. The Hall–Kier alpha value is -2.09. The quantitative estimate of drug-likeness (QED) is 0.276. The van der Waals surface area contributed by atoms with Gasteiger partial charge < -0.3 is 20.5 Å². The number of alkyl halides is 3. The highest BCUT2D eigenvalue weighted by Gasteiger charge is 2.30. The maximum absolute atomic E-state index is 12.5. The lowest BCUT2D eigenvalue weighted by molar-refractivity contribution is -0.137. The highest BCUT2D eigenvalue weighted by molar-refractivity contribution is 14.0. The van der Waals surface area contributed by atoms with Crippen molar-refractivity contribution in [3.8, 4) is 5.75 Å². The Morgan fingerprint density at radius 1 is 1.28 bits per heavy atom. The molecular formula is C17H24F3IN6O2. The molecular weight excluding hydrogens is 504 g/mol. The van der Waals surface area contributed by atoms with E-state index in [9.17, 15) is 18.3 Å². The number of ether oxygens (including phenoxy) is 1. The van der Waals surface area contributed by atoms with Crippen LogP contribution in [0.15, 0.2) is 35.6 Å². The van der Waals surface area contributed by atoms with Crippen LogP contribution in [0, 0.1) is 0 Å². The molecule has 12 heteroatoms. The fourth-order valence-electron chi connectivity index (χ4n) is 2.16. The minimum Gasteiger partial charge on any atom is -0.491 e. The van der Waals surface area contributed by atoms with E-state index in [1.165, 1.54) is 18.5 Å². The Balaban J connectivity index is 0.00000420. The van der Waals surface area contributed by atoms with Gasteiger partial charge in [-0.2, -0.15) is 18.3 Å². The number of aliphatic imine (C=N–C) groups is 1. The van der Waals surface area contributed by atoms with Gasteiger partial charge in [-0.25, -0.2) is 9.98 Å². The average Bonchev–Trinajstić information content (AvgIpc) is 3.07. The smallest absolute Gasteiger partial charge is 0.416 e. The van der Waals surface area contributed by atoms with Gasteiger partial charge in [0, 0.05) is 20.1 Å². The molecule has 0 saturated heterocycles. The van der Waals surface area contributed by atoms with Crippen LogP contribution in [-0.4, -0.2) is 51.6 Å². The molecule has 2 aromatic rings. The van der Waals surface area contributed by atoms with Gasteiger partial charge in [-0.15, -0.1) is 24.0 Å². The summed E-state index contributed by atoms with van der Waals surface area (Å²) in [4.78, 5) is 8.43. The van der Waals surface area contributed by atoms with Crippen LogP contribution in [0.4, 0.5) is 13.2 Å². The molecule has 0 aliphatic rings. The maximum Gasteiger partial charge on any atom is 0.416 e. The molecule has 8 nitrogen and oxygen atoms in total. The third-order valence-corrected chi connectivity index (χ3v) is 3.66. The molecule has 1 aromatic heterocycles. The van der Waals surface area contributed by atoms with Gasteiger partial charge in [0.1, 0.15) is 37.2 Å². The second-order valence-corrected chi connectivity index (χ2v) is 5.86. The summed E-state index contributed by atoms with van der Waals surface area (Å²) in [7, 11) is 1.76. The first-order valence-corrected chi connectivity index (χ1v) is 8.62. The number of halogens is 4. The lowest BCUT2D eigenvalue weighted by Gasteiger charge is -2.16. The first-order chi connectivity index (χ1) is 13.3. The average molecular weight is 528 g/mol. The van der Waals surface area contributed by atoms with Crippen molar-refractivity contribution in [2.75, 3.05) is 19.7 Å². The number of nitrogens with zero attached hydrogens (tertiary/aromatic N) is 4. The molecule has 0 saturated carbocycles. The van der Waals surface area contributed by atoms with Crippen molar-refractivity contribution in [3.05, 3.63) is 42.0 Å². The molecule has 1 heterocycles. The van der Waals surface area contributed by atoms with E-state index in [-0.39, 0.29) is 42.9 Å². The van der Waals surface area contributed by atoms with Crippen molar-refractivity contribution in [2.45, 2.75) is 25.7 Å². The number of aryl methyl sites for hydroxylation is 1. The van der Waals surface area contributed by atoms with Crippen molar-refractivity contribution in [2.24, 2.45) is 12.0 Å². The van der Waals surface area contributed by atoms with Crippen LogP contribution in [0.1, 0.15) is 18.3 Å². The topological polar surface area (TPSA) is 96.6 Å². The predicted molar refractivity (Wildman–Crippen MR) is 112 cm³/mol. The molecule has 0 aliphatic carbocycles. The van der Waals surface area contributed by atoms with E-state index in [4.69, 9.17) is 4.74 Å². The summed E-state index contributed by atoms with van der Waals surface area (Å²) >= 11 is 0. The largest absolute Gasteiger partial charge is 0.491 e. The Kier molecular flexibility index (Phi) is 10.2. The third kappa shape index (κ3) is 8.43. The number of aromatic nitrogens is 3. The minimum atomic E-state index is -4.39. The highest BCUT2D eigenvalue weighted by Crippen LogP contribution is 2.30. The van der Waals surface area contributed by atoms with E-state index in [1.54, 1.807) is 11.7 Å². The van der Waals surface area contributed by atoms with Gasteiger partial charge in [0.2, 0.25) is 0 Å². The van der Waals surface area contributed by atoms with Crippen molar-refractivity contribution < 1.29 is 23.0 Å². The van der Waals surface area contributed by atoms with Gasteiger partial charge in [-0.1, -0.05) is 0 Å². The zero-order valence-corrected chi connectivity index (χ0v) is 18.3. The number of hydrogen-bond donors (Lipinski definition) is 3.